The summed E-state index contributed by atoms with van der Waals surface area (Å²) in [6.45, 7) is 6.10. The van der Waals surface area contributed by atoms with Crippen molar-refractivity contribution in [2.24, 2.45) is 0 Å². The summed E-state index contributed by atoms with van der Waals surface area (Å²) < 4.78 is 6.98. The number of ether oxygens (including phenoxy) is 1. The van der Waals surface area contributed by atoms with Crippen LogP contribution in [0.25, 0.3) is 5.76 Å². The lowest BCUT2D eigenvalue weighted by molar-refractivity contribution is -0.139. The van der Waals surface area contributed by atoms with Crippen molar-refractivity contribution in [3.63, 3.8) is 0 Å². The van der Waals surface area contributed by atoms with E-state index >= 15 is 0 Å². The highest BCUT2D eigenvalue weighted by atomic mass is 35.5. The van der Waals surface area contributed by atoms with Crippen molar-refractivity contribution in [1.29, 1.82) is 0 Å². The highest BCUT2D eigenvalue weighted by molar-refractivity contribution is 6.46. The third kappa shape index (κ3) is 4.66. The van der Waals surface area contributed by atoms with Crippen molar-refractivity contribution < 1.29 is 24.2 Å². The zero-order valence-corrected chi connectivity index (χ0v) is 21.0. The number of likely N-dealkylation sites (tertiary alicyclic amines) is 1. The molecule has 3 aromatic rings. The number of aliphatic hydroxyl groups excluding tert-OH is 1. The Morgan fingerprint density at radius 2 is 2.03 bits per heavy atom. The normalized spacial score (nSPS) is 17.1. The van der Waals surface area contributed by atoms with Crippen molar-refractivity contribution in [3.8, 4) is 0 Å². The summed E-state index contributed by atoms with van der Waals surface area (Å²) in [7, 11) is 0. The number of carbonyl (C=O) groups is 3. The van der Waals surface area contributed by atoms with Crippen molar-refractivity contribution >= 4 is 35.0 Å². The fourth-order valence-corrected chi connectivity index (χ4v) is 4.82. The van der Waals surface area contributed by atoms with Gasteiger partial charge in [-0.15, -0.1) is 0 Å². The van der Waals surface area contributed by atoms with Crippen LogP contribution in [-0.4, -0.2) is 55.4 Å². The van der Waals surface area contributed by atoms with Gasteiger partial charge in [0.2, 0.25) is 0 Å². The Hall–Kier alpha value is -3.85. The zero-order valence-electron chi connectivity index (χ0n) is 20.2. The molecule has 36 heavy (non-hydrogen) atoms. The summed E-state index contributed by atoms with van der Waals surface area (Å²) in [5.74, 6) is -2.41. The second-order valence-corrected chi connectivity index (χ2v) is 8.98. The van der Waals surface area contributed by atoms with Gasteiger partial charge in [-0.2, -0.15) is 0 Å². The number of nitrogens with zero attached hydrogens (tertiary/aromatic N) is 3. The average Bonchev–Trinajstić information content (AvgIpc) is 3.52. The van der Waals surface area contributed by atoms with Crippen molar-refractivity contribution in [1.82, 2.24) is 19.4 Å². The molecule has 3 heterocycles. The van der Waals surface area contributed by atoms with Gasteiger partial charge in [-0.1, -0.05) is 23.7 Å². The molecule has 188 valence electrons. The molecule has 4 rings (SSSR count). The third-order valence-electron chi connectivity index (χ3n) is 6.23. The molecule has 0 bridgehead atoms. The van der Waals surface area contributed by atoms with E-state index in [1.807, 2.05) is 10.8 Å². The molecule has 1 aromatic carbocycles. The summed E-state index contributed by atoms with van der Waals surface area (Å²) in [5, 5.41) is 11.9. The number of aryl methyl sites for hydroxylation is 2. The molecule has 0 unspecified atom stereocenters. The zero-order chi connectivity index (χ0) is 26.0. The maximum Gasteiger partial charge on any atom is 0.355 e. The molecule has 1 aliphatic rings. The van der Waals surface area contributed by atoms with Crippen LogP contribution in [0.5, 0.6) is 0 Å². The fraction of sp³-hybridized carbons (Fsp3) is 0.308. The molecule has 2 aromatic heterocycles. The monoisotopic (exact) mass is 510 g/mol. The van der Waals surface area contributed by atoms with E-state index in [9.17, 15) is 19.5 Å². The number of halogens is 1. The number of aromatic amines is 1. The number of Topliss-reactive ketones (excluding diaryl/α,β-unsaturated/α-hetero) is 1. The Bertz CT molecular complexity index is 1340. The van der Waals surface area contributed by atoms with Crippen LogP contribution < -0.4 is 0 Å². The van der Waals surface area contributed by atoms with Crippen molar-refractivity contribution in [2.75, 3.05) is 13.2 Å². The minimum atomic E-state index is -0.841. The number of imidazole rings is 1. The third-order valence-corrected chi connectivity index (χ3v) is 6.47. The van der Waals surface area contributed by atoms with Crippen LogP contribution in [0, 0.1) is 13.8 Å². The molecule has 1 amide bonds. The summed E-state index contributed by atoms with van der Waals surface area (Å²) in [6.07, 6.45) is 5.74. The average molecular weight is 511 g/mol. The molecule has 0 saturated carbocycles. The number of benzene rings is 1. The van der Waals surface area contributed by atoms with Crippen molar-refractivity contribution in [3.05, 3.63) is 81.7 Å². The molecule has 0 radical (unpaired) electrons. The molecule has 1 atom stereocenters. The van der Waals surface area contributed by atoms with Gasteiger partial charge in [0.25, 0.3) is 11.7 Å². The predicted molar refractivity (Wildman–Crippen MR) is 134 cm³/mol. The van der Waals surface area contributed by atoms with Gasteiger partial charge in [-0.3, -0.25) is 9.59 Å². The van der Waals surface area contributed by atoms with Crippen LogP contribution in [0.1, 0.15) is 52.3 Å². The predicted octanol–water partition coefficient (Wildman–Crippen LogP) is 4.17. The van der Waals surface area contributed by atoms with Crippen LogP contribution in [0.15, 0.2) is 48.6 Å². The highest BCUT2D eigenvalue weighted by Crippen LogP contribution is 2.41. The quantitative estimate of drug-likeness (QED) is 0.203. The standard InChI is InChI=1S/C26H27ClN4O5/c1-4-36-26(35)21-15(2)19(16(3)29-21)23(32)20-22(17-7-5-8-18(27)13-17)31(25(34)24(20)33)11-6-10-30-12-9-28-14-30/h5,7-9,12-14,22,29,32H,4,6,10-11H2,1-3H3/b23-20+/t22-/m0/s1. The van der Waals surface area contributed by atoms with E-state index in [-0.39, 0.29) is 30.2 Å². The van der Waals surface area contributed by atoms with Gasteiger partial charge in [0, 0.05) is 41.8 Å². The summed E-state index contributed by atoms with van der Waals surface area (Å²) in [6, 6.07) is 6.03. The van der Waals surface area contributed by atoms with E-state index in [2.05, 4.69) is 9.97 Å². The molecule has 9 nitrogen and oxygen atoms in total. The summed E-state index contributed by atoms with van der Waals surface area (Å²) in [5.41, 5.74) is 1.93. The number of nitrogens with one attached hydrogen (secondary N) is 1. The maximum absolute atomic E-state index is 13.3. The minimum Gasteiger partial charge on any atom is -0.507 e. The number of rotatable bonds is 8. The first-order valence-electron chi connectivity index (χ1n) is 11.6. The smallest absolute Gasteiger partial charge is 0.355 e. The van der Waals surface area contributed by atoms with E-state index < -0.39 is 23.7 Å². The molecule has 1 aliphatic heterocycles. The number of hydrogen-bond donors (Lipinski definition) is 2. The number of ketones is 1. The Labute approximate surface area is 213 Å². The van der Waals surface area contributed by atoms with Crippen LogP contribution in [0.4, 0.5) is 0 Å². The van der Waals surface area contributed by atoms with E-state index in [0.717, 1.165) is 0 Å². The number of aliphatic hydroxyl groups is 1. The van der Waals surface area contributed by atoms with Gasteiger partial charge in [0.1, 0.15) is 11.5 Å². The van der Waals surface area contributed by atoms with Gasteiger partial charge >= 0.3 is 5.97 Å². The lowest BCUT2D eigenvalue weighted by atomic mass is 9.94. The second-order valence-electron chi connectivity index (χ2n) is 8.55. The van der Waals surface area contributed by atoms with Gasteiger partial charge in [-0.05, 0) is 50.5 Å². The Morgan fingerprint density at radius 3 is 2.69 bits per heavy atom. The SMILES string of the molecule is CCOC(=O)c1[nH]c(C)c(/C(O)=C2\C(=O)C(=O)N(CCCn3ccnc3)[C@H]2c2cccc(Cl)c2)c1C. The number of H-pyrrole nitrogens is 1. The number of hydrogen-bond acceptors (Lipinski definition) is 6. The van der Waals surface area contributed by atoms with Crippen LogP contribution in [-0.2, 0) is 20.9 Å². The van der Waals surface area contributed by atoms with Crippen LogP contribution >= 0.6 is 11.6 Å². The molecule has 1 fully saturated rings. The second kappa shape index (κ2) is 10.4. The Kier molecular flexibility index (Phi) is 7.30. The Balaban J connectivity index is 1.79. The lowest BCUT2D eigenvalue weighted by Gasteiger charge is -2.25. The van der Waals surface area contributed by atoms with Gasteiger partial charge in [0.05, 0.1) is 24.5 Å². The van der Waals surface area contributed by atoms with Gasteiger partial charge < -0.3 is 24.3 Å². The topological polar surface area (TPSA) is 118 Å². The fourth-order valence-electron chi connectivity index (χ4n) is 4.62. The molecule has 0 aliphatic carbocycles. The molecule has 1 saturated heterocycles. The van der Waals surface area contributed by atoms with Crippen LogP contribution in [0.2, 0.25) is 5.02 Å². The molecule has 0 spiro atoms. The van der Waals surface area contributed by atoms with Crippen LogP contribution in [0.3, 0.4) is 0 Å². The molecule has 10 heteroatoms. The summed E-state index contributed by atoms with van der Waals surface area (Å²) in [4.78, 5) is 47.3. The lowest BCUT2D eigenvalue weighted by Crippen LogP contribution is -2.31. The maximum atomic E-state index is 13.3. The first kappa shape index (κ1) is 25.2. The number of aromatic nitrogens is 3. The van der Waals surface area contributed by atoms with E-state index in [0.29, 0.717) is 40.4 Å². The van der Waals surface area contributed by atoms with E-state index in [1.54, 1.807) is 57.6 Å². The van der Waals surface area contributed by atoms with E-state index in [4.69, 9.17) is 16.3 Å². The first-order valence-corrected chi connectivity index (χ1v) is 12.0. The number of amides is 1. The molecular formula is C26H27ClN4O5. The highest BCUT2D eigenvalue weighted by Gasteiger charge is 2.46. The van der Waals surface area contributed by atoms with Gasteiger partial charge in [0.15, 0.2) is 0 Å². The van der Waals surface area contributed by atoms with Crippen molar-refractivity contribution in [2.45, 2.75) is 39.8 Å². The van der Waals surface area contributed by atoms with Gasteiger partial charge in [-0.25, -0.2) is 9.78 Å². The summed E-state index contributed by atoms with van der Waals surface area (Å²) >= 11 is 6.24. The first-order chi connectivity index (χ1) is 17.2. The number of carbonyl (C=O) groups excluding carboxylic acids is 3. The number of esters is 1. The molecule has 2 N–H and O–H groups in total. The van der Waals surface area contributed by atoms with E-state index in [1.165, 1.54) is 4.90 Å². The minimum absolute atomic E-state index is 0.0505. The Morgan fingerprint density at radius 1 is 1.25 bits per heavy atom. The largest absolute Gasteiger partial charge is 0.507 e. The molecular weight excluding hydrogens is 484 g/mol.